The first-order valence-corrected chi connectivity index (χ1v) is 9.06. The molecule has 0 atom stereocenters. The summed E-state index contributed by atoms with van der Waals surface area (Å²) in [5.74, 6) is 1.93. The second-order valence-electron chi connectivity index (χ2n) is 5.79. The van der Waals surface area contributed by atoms with Crippen molar-refractivity contribution in [3.63, 3.8) is 0 Å². The van der Waals surface area contributed by atoms with Gasteiger partial charge in [0.05, 0.1) is 13.0 Å². The van der Waals surface area contributed by atoms with Gasteiger partial charge in [-0.3, -0.25) is 9.78 Å². The van der Waals surface area contributed by atoms with E-state index in [1.54, 1.807) is 24.5 Å². The van der Waals surface area contributed by atoms with E-state index in [-0.39, 0.29) is 18.9 Å². The molecule has 1 N–H and O–H groups in total. The minimum absolute atomic E-state index is 0.152. The molecule has 1 aliphatic rings. The van der Waals surface area contributed by atoms with Crippen LogP contribution in [0.1, 0.15) is 11.5 Å². The number of benzene rings is 1. The third kappa shape index (κ3) is 4.08. The minimum Gasteiger partial charge on any atom is -0.486 e. The van der Waals surface area contributed by atoms with Gasteiger partial charge in [0.15, 0.2) is 11.5 Å². The van der Waals surface area contributed by atoms with E-state index >= 15 is 0 Å². The molecule has 4 rings (SSSR count). The van der Waals surface area contributed by atoms with Gasteiger partial charge in [-0.2, -0.15) is 4.98 Å². The molecule has 0 bridgehead atoms. The molecule has 138 valence electrons. The monoisotopic (exact) mass is 430 g/mol. The number of hydrogen-bond donors (Lipinski definition) is 1. The van der Waals surface area contributed by atoms with Crippen LogP contribution in [0, 0.1) is 0 Å². The summed E-state index contributed by atoms with van der Waals surface area (Å²) in [4.78, 5) is 20.5. The average molecular weight is 431 g/mol. The van der Waals surface area contributed by atoms with Gasteiger partial charge >= 0.3 is 0 Å². The molecular formula is C18H15BrN4O4. The van der Waals surface area contributed by atoms with E-state index < -0.39 is 0 Å². The van der Waals surface area contributed by atoms with Crippen molar-refractivity contribution in [3.05, 3.63) is 52.6 Å². The molecule has 0 unspecified atom stereocenters. The number of hydrogen-bond acceptors (Lipinski definition) is 7. The maximum atomic E-state index is 12.3. The standard InChI is InChI=1S/C18H15BrN4O4/c19-13-9-15-14(25-5-6-26-15)7-12(13)8-16(24)21-10-17-22-18(23-27-17)11-1-3-20-4-2-11/h1-4,7,9H,5-6,8,10H2,(H,21,24). The van der Waals surface area contributed by atoms with Crippen molar-refractivity contribution in [1.29, 1.82) is 0 Å². The minimum atomic E-state index is -0.170. The van der Waals surface area contributed by atoms with Gasteiger partial charge in [-0.25, -0.2) is 0 Å². The van der Waals surface area contributed by atoms with Gasteiger partial charge in [-0.15, -0.1) is 0 Å². The predicted octanol–water partition coefficient (Wildman–Crippen LogP) is 2.52. The Bertz CT molecular complexity index is 961. The van der Waals surface area contributed by atoms with Crippen molar-refractivity contribution in [2.75, 3.05) is 13.2 Å². The van der Waals surface area contributed by atoms with Crippen molar-refractivity contribution >= 4 is 21.8 Å². The number of carbonyl (C=O) groups excluding carboxylic acids is 1. The lowest BCUT2D eigenvalue weighted by atomic mass is 10.1. The SMILES string of the molecule is O=C(Cc1cc2c(cc1Br)OCCO2)NCc1nc(-c2ccncc2)no1. The lowest BCUT2D eigenvalue weighted by Crippen LogP contribution is -2.25. The number of aromatic nitrogens is 3. The summed E-state index contributed by atoms with van der Waals surface area (Å²) in [6.45, 7) is 1.17. The first kappa shape index (κ1) is 17.5. The normalized spacial score (nSPS) is 12.6. The van der Waals surface area contributed by atoms with Crippen molar-refractivity contribution in [2.45, 2.75) is 13.0 Å². The van der Waals surface area contributed by atoms with Gasteiger partial charge in [0.1, 0.15) is 13.2 Å². The van der Waals surface area contributed by atoms with E-state index in [1.165, 1.54) is 0 Å². The van der Waals surface area contributed by atoms with Crippen LogP contribution in [0.5, 0.6) is 11.5 Å². The number of nitrogens with zero attached hydrogens (tertiary/aromatic N) is 3. The van der Waals surface area contributed by atoms with Crippen LogP contribution in [-0.4, -0.2) is 34.2 Å². The van der Waals surface area contributed by atoms with Gasteiger partial charge in [0.25, 0.3) is 0 Å². The summed E-state index contributed by atoms with van der Waals surface area (Å²) in [5.41, 5.74) is 1.60. The zero-order valence-corrected chi connectivity index (χ0v) is 15.7. The Morgan fingerprint density at radius 2 is 1.89 bits per heavy atom. The van der Waals surface area contributed by atoms with Crippen molar-refractivity contribution in [2.24, 2.45) is 0 Å². The number of ether oxygens (including phenoxy) is 2. The summed E-state index contributed by atoms with van der Waals surface area (Å²) < 4.78 is 17.0. The molecule has 1 amide bonds. The van der Waals surface area contributed by atoms with E-state index in [0.29, 0.717) is 36.4 Å². The molecule has 0 spiro atoms. The third-order valence-corrected chi connectivity index (χ3v) is 4.64. The van der Waals surface area contributed by atoms with Gasteiger partial charge < -0.3 is 19.3 Å². The molecule has 3 heterocycles. The quantitative estimate of drug-likeness (QED) is 0.663. The first-order chi connectivity index (χ1) is 13.2. The number of amides is 1. The smallest absolute Gasteiger partial charge is 0.246 e. The van der Waals surface area contributed by atoms with Crippen LogP contribution < -0.4 is 14.8 Å². The third-order valence-electron chi connectivity index (χ3n) is 3.91. The second kappa shape index (κ2) is 7.75. The van der Waals surface area contributed by atoms with Crippen molar-refractivity contribution in [3.8, 4) is 22.9 Å². The summed E-state index contributed by atoms with van der Waals surface area (Å²) >= 11 is 3.47. The summed E-state index contributed by atoms with van der Waals surface area (Å²) in [6, 6.07) is 7.20. The molecule has 0 radical (unpaired) electrons. The van der Waals surface area contributed by atoms with Gasteiger partial charge in [0.2, 0.25) is 17.6 Å². The second-order valence-corrected chi connectivity index (χ2v) is 6.64. The number of halogens is 1. The molecule has 0 saturated heterocycles. The van der Waals surface area contributed by atoms with E-state index in [1.807, 2.05) is 12.1 Å². The van der Waals surface area contributed by atoms with E-state index in [0.717, 1.165) is 15.6 Å². The highest BCUT2D eigenvalue weighted by Crippen LogP contribution is 2.35. The highest BCUT2D eigenvalue weighted by molar-refractivity contribution is 9.10. The summed E-state index contributed by atoms with van der Waals surface area (Å²) in [7, 11) is 0. The maximum absolute atomic E-state index is 12.3. The Balaban J connectivity index is 1.37. The van der Waals surface area contributed by atoms with Crippen LogP contribution >= 0.6 is 15.9 Å². The van der Waals surface area contributed by atoms with Crippen LogP contribution in [0.3, 0.4) is 0 Å². The first-order valence-electron chi connectivity index (χ1n) is 8.27. The molecule has 9 heteroatoms. The van der Waals surface area contributed by atoms with Crippen LogP contribution in [-0.2, 0) is 17.8 Å². The number of fused-ring (bicyclic) bond motifs is 1. The number of nitrogens with one attached hydrogen (secondary N) is 1. The van der Waals surface area contributed by atoms with E-state index in [4.69, 9.17) is 14.0 Å². The molecule has 0 aliphatic carbocycles. The Labute approximate surface area is 163 Å². The lowest BCUT2D eigenvalue weighted by molar-refractivity contribution is -0.120. The number of carbonyl (C=O) groups is 1. The molecule has 1 aliphatic heterocycles. The largest absolute Gasteiger partial charge is 0.486 e. The predicted molar refractivity (Wildman–Crippen MR) is 98.2 cm³/mol. The number of rotatable bonds is 5. The lowest BCUT2D eigenvalue weighted by Gasteiger charge is -2.19. The Morgan fingerprint density at radius 1 is 1.15 bits per heavy atom. The molecule has 2 aromatic heterocycles. The van der Waals surface area contributed by atoms with E-state index in [2.05, 4.69) is 36.4 Å². The highest BCUT2D eigenvalue weighted by Gasteiger charge is 2.17. The van der Waals surface area contributed by atoms with Crippen LogP contribution in [0.4, 0.5) is 0 Å². The van der Waals surface area contributed by atoms with Gasteiger partial charge in [-0.05, 0) is 29.8 Å². The molecular weight excluding hydrogens is 416 g/mol. The van der Waals surface area contributed by atoms with Gasteiger partial charge in [0, 0.05) is 22.4 Å². The zero-order valence-electron chi connectivity index (χ0n) is 14.1. The number of pyridine rings is 1. The van der Waals surface area contributed by atoms with Crippen LogP contribution in [0.25, 0.3) is 11.4 Å². The average Bonchev–Trinajstić information content (AvgIpc) is 3.17. The van der Waals surface area contributed by atoms with Gasteiger partial charge in [-0.1, -0.05) is 21.1 Å². The summed E-state index contributed by atoms with van der Waals surface area (Å²) in [5, 5.41) is 6.69. The van der Waals surface area contributed by atoms with E-state index in [9.17, 15) is 4.79 Å². The molecule has 27 heavy (non-hydrogen) atoms. The van der Waals surface area contributed by atoms with Crippen LogP contribution in [0.2, 0.25) is 0 Å². The van der Waals surface area contributed by atoms with Crippen molar-refractivity contribution in [1.82, 2.24) is 20.4 Å². The Morgan fingerprint density at radius 3 is 2.67 bits per heavy atom. The highest BCUT2D eigenvalue weighted by atomic mass is 79.9. The molecule has 8 nitrogen and oxygen atoms in total. The zero-order chi connectivity index (χ0) is 18.6. The topological polar surface area (TPSA) is 99.4 Å². The molecule has 1 aromatic carbocycles. The molecule has 0 fully saturated rings. The fourth-order valence-electron chi connectivity index (χ4n) is 2.60. The van der Waals surface area contributed by atoms with Crippen LogP contribution in [0.15, 0.2) is 45.7 Å². The fourth-order valence-corrected chi connectivity index (χ4v) is 3.06. The summed E-state index contributed by atoms with van der Waals surface area (Å²) in [6.07, 6.45) is 3.49. The van der Waals surface area contributed by atoms with Crippen molar-refractivity contribution < 1.29 is 18.8 Å². The fraction of sp³-hybridized carbons (Fsp3) is 0.222. The Hall–Kier alpha value is -2.94. The Kier molecular flexibility index (Phi) is 5.01. The molecule has 3 aromatic rings. The molecule has 0 saturated carbocycles. The maximum Gasteiger partial charge on any atom is 0.246 e.